The van der Waals surface area contributed by atoms with E-state index in [-0.39, 0.29) is 28.7 Å². The molecule has 10 heteroatoms. The number of hydrogen-bond donors (Lipinski definition) is 1. The van der Waals surface area contributed by atoms with E-state index in [0.29, 0.717) is 19.0 Å². The van der Waals surface area contributed by atoms with Crippen LogP contribution in [0.4, 0.5) is 11.4 Å². The van der Waals surface area contributed by atoms with Gasteiger partial charge < -0.3 is 10.2 Å². The van der Waals surface area contributed by atoms with Crippen molar-refractivity contribution in [2.24, 2.45) is 5.92 Å². The van der Waals surface area contributed by atoms with E-state index >= 15 is 0 Å². The zero-order valence-corrected chi connectivity index (χ0v) is 16.0. The lowest BCUT2D eigenvalue weighted by atomic mass is 10.0. The fraction of sp³-hybridized carbons (Fsp3) is 0.562. The number of benzene rings is 1. The molecule has 1 aliphatic heterocycles. The monoisotopic (exact) mass is 384 g/mol. The molecule has 1 aromatic carbocycles. The second-order valence-electron chi connectivity index (χ2n) is 6.52. The van der Waals surface area contributed by atoms with Crippen molar-refractivity contribution < 1.29 is 18.1 Å². The van der Waals surface area contributed by atoms with Gasteiger partial charge in [-0.25, -0.2) is 8.42 Å². The fourth-order valence-electron chi connectivity index (χ4n) is 2.89. The van der Waals surface area contributed by atoms with Gasteiger partial charge >= 0.3 is 0 Å². The molecule has 0 aromatic heterocycles. The van der Waals surface area contributed by atoms with Gasteiger partial charge in [0.1, 0.15) is 5.69 Å². The summed E-state index contributed by atoms with van der Waals surface area (Å²) in [5, 5.41) is 13.9. The summed E-state index contributed by atoms with van der Waals surface area (Å²) in [5.41, 5.74) is -0.160. The van der Waals surface area contributed by atoms with Crippen molar-refractivity contribution in [3.8, 4) is 0 Å². The van der Waals surface area contributed by atoms with Gasteiger partial charge in [-0.15, -0.1) is 0 Å². The van der Waals surface area contributed by atoms with Gasteiger partial charge in [-0.3, -0.25) is 14.9 Å². The molecule has 144 valence electrons. The second-order valence-corrected chi connectivity index (χ2v) is 8.46. The molecule has 26 heavy (non-hydrogen) atoms. The summed E-state index contributed by atoms with van der Waals surface area (Å²) >= 11 is 0. The number of piperidine rings is 1. The van der Waals surface area contributed by atoms with Crippen molar-refractivity contribution in [2.75, 3.05) is 38.6 Å². The Morgan fingerprint density at radius 3 is 2.54 bits per heavy atom. The van der Waals surface area contributed by atoms with E-state index in [0.717, 1.165) is 18.9 Å². The molecule has 1 fully saturated rings. The lowest BCUT2D eigenvalue weighted by Crippen LogP contribution is -2.38. The molecular formula is C16H24N4O5S. The lowest BCUT2D eigenvalue weighted by Gasteiger charge is -2.29. The number of carbonyl (C=O) groups is 1. The molecule has 0 aliphatic carbocycles. The molecule has 1 heterocycles. The molecule has 1 aromatic rings. The van der Waals surface area contributed by atoms with Crippen LogP contribution in [0.3, 0.4) is 0 Å². The third kappa shape index (κ3) is 4.31. The van der Waals surface area contributed by atoms with E-state index in [1.165, 1.54) is 35.4 Å². The number of amides is 1. The first-order valence-corrected chi connectivity index (χ1v) is 9.81. The number of nitro groups is 1. The zero-order valence-electron chi connectivity index (χ0n) is 15.1. The molecule has 0 saturated carbocycles. The fourth-order valence-corrected chi connectivity index (χ4v) is 4.38. The Balaban J connectivity index is 2.35. The number of hydrogen-bond acceptors (Lipinski definition) is 6. The lowest BCUT2D eigenvalue weighted by molar-refractivity contribution is -0.384. The summed E-state index contributed by atoms with van der Waals surface area (Å²) in [7, 11) is -0.769. The van der Waals surface area contributed by atoms with Gasteiger partial charge in [-0.2, -0.15) is 4.31 Å². The van der Waals surface area contributed by atoms with Crippen molar-refractivity contribution in [1.29, 1.82) is 0 Å². The Labute approximate surface area is 153 Å². The Kier molecular flexibility index (Phi) is 6.19. The van der Waals surface area contributed by atoms with E-state index in [9.17, 15) is 23.3 Å². The highest BCUT2D eigenvalue weighted by Gasteiger charge is 2.30. The van der Waals surface area contributed by atoms with Crippen LogP contribution in [-0.4, -0.2) is 57.3 Å². The van der Waals surface area contributed by atoms with Crippen LogP contribution in [0, 0.1) is 16.0 Å². The van der Waals surface area contributed by atoms with Gasteiger partial charge in [-0.1, -0.05) is 6.92 Å². The Bertz CT molecular complexity index is 788. The van der Waals surface area contributed by atoms with Crippen LogP contribution in [0.5, 0.6) is 0 Å². The standard InChI is InChI=1S/C16H24N4O5S/c1-12-6-8-19(9-7-12)26(24,25)13-4-5-14(15(10-13)20(22)23)18(3)11-16(21)17-2/h4-5,10,12H,6-9,11H2,1-3H3,(H,17,21). The van der Waals surface area contributed by atoms with Crippen LogP contribution in [0.15, 0.2) is 23.1 Å². The van der Waals surface area contributed by atoms with Crippen molar-refractivity contribution in [3.05, 3.63) is 28.3 Å². The molecule has 1 saturated heterocycles. The van der Waals surface area contributed by atoms with Crippen molar-refractivity contribution >= 4 is 27.3 Å². The normalized spacial score (nSPS) is 16.3. The first-order valence-electron chi connectivity index (χ1n) is 8.37. The average molecular weight is 384 g/mol. The molecule has 0 unspecified atom stereocenters. The van der Waals surface area contributed by atoms with Crippen molar-refractivity contribution in [2.45, 2.75) is 24.7 Å². The van der Waals surface area contributed by atoms with Crippen LogP contribution < -0.4 is 10.2 Å². The number of sulfonamides is 1. The molecule has 2 rings (SSSR count). The molecule has 1 aliphatic rings. The van der Waals surface area contributed by atoms with E-state index < -0.39 is 14.9 Å². The third-order valence-corrected chi connectivity index (χ3v) is 6.49. The molecule has 1 amide bonds. The summed E-state index contributed by atoms with van der Waals surface area (Å²) < 4.78 is 27.0. The third-order valence-electron chi connectivity index (χ3n) is 4.59. The topological polar surface area (TPSA) is 113 Å². The van der Waals surface area contributed by atoms with Crippen LogP contribution in [0.25, 0.3) is 0 Å². The number of anilines is 1. The van der Waals surface area contributed by atoms with Gasteiger partial charge in [0.05, 0.1) is 16.4 Å². The number of rotatable bonds is 6. The number of nitrogens with one attached hydrogen (secondary N) is 1. The first kappa shape index (κ1) is 20.1. The van der Waals surface area contributed by atoms with Crippen LogP contribution in [-0.2, 0) is 14.8 Å². The molecule has 9 nitrogen and oxygen atoms in total. The Morgan fingerprint density at radius 1 is 1.38 bits per heavy atom. The summed E-state index contributed by atoms with van der Waals surface area (Å²) in [5.74, 6) is 0.164. The highest BCUT2D eigenvalue weighted by Crippen LogP contribution is 2.32. The SMILES string of the molecule is CNC(=O)CN(C)c1ccc(S(=O)(=O)N2CCC(C)CC2)cc1[N+](=O)[O-]. The number of nitro benzene ring substituents is 1. The minimum Gasteiger partial charge on any atom is -0.360 e. The average Bonchev–Trinajstić information content (AvgIpc) is 2.61. The molecule has 0 atom stereocenters. The predicted molar refractivity (Wildman–Crippen MR) is 97.6 cm³/mol. The molecule has 0 bridgehead atoms. The summed E-state index contributed by atoms with van der Waals surface area (Å²) in [4.78, 5) is 23.6. The first-order chi connectivity index (χ1) is 12.2. The van der Waals surface area contributed by atoms with Crippen LogP contribution >= 0.6 is 0 Å². The highest BCUT2D eigenvalue weighted by atomic mass is 32.2. The summed E-state index contributed by atoms with van der Waals surface area (Å²) in [6, 6.07) is 3.81. The maximum atomic E-state index is 12.8. The predicted octanol–water partition coefficient (Wildman–Crippen LogP) is 1.20. The van der Waals surface area contributed by atoms with Gasteiger partial charge in [-0.05, 0) is 30.9 Å². The summed E-state index contributed by atoms with van der Waals surface area (Å²) in [6.45, 7) is 2.82. The molecule has 0 spiro atoms. The van der Waals surface area contributed by atoms with Gasteiger partial charge in [0.25, 0.3) is 5.69 Å². The van der Waals surface area contributed by atoms with E-state index in [2.05, 4.69) is 12.2 Å². The van der Waals surface area contributed by atoms with Crippen molar-refractivity contribution in [3.63, 3.8) is 0 Å². The minimum absolute atomic E-state index is 0.0759. The number of likely N-dealkylation sites (N-methyl/N-ethyl adjacent to an activating group) is 2. The molecule has 0 radical (unpaired) electrons. The second kappa shape index (κ2) is 8.00. The maximum absolute atomic E-state index is 12.8. The van der Waals surface area contributed by atoms with Gasteiger partial charge in [0.15, 0.2) is 0 Å². The van der Waals surface area contributed by atoms with E-state index in [4.69, 9.17) is 0 Å². The van der Waals surface area contributed by atoms with Crippen LogP contribution in [0.2, 0.25) is 0 Å². The Morgan fingerprint density at radius 2 is 2.00 bits per heavy atom. The maximum Gasteiger partial charge on any atom is 0.293 e. The van der Waals surface area contributed by atoms with Crippen LogP contribution in [0.1, 0.15) is 19.8 Å². The quantitative estimate of drug-likeness (QED) is 0.582. The summed E-state index contributed by atoms with van der Waals surface area (Å²) in [6.07, 6.45) is 1.54. The van der Waals surface area contributed by atoms with E-state index in [1.54, 1.807) is 0 Å². The minimum atomic E-state index is -3.78. The molecule has 1 N–H and O–H groups in total. The number of nitrogens with zero attached hydrogens (tertiary/aromatic N) is 3. The number of carbonyl (C=O) groups excluding carboxylic acids is 1. The van der Waals surface area contributed by atoms with Gasteiger partial charge in [0, 0.05) is 33.3 Å². The smallest absolute Gasteiger partial charge is 0.293 e. The van der Waals surface area contributed by atoms with E-state index in [1.807, 2.05) is 0 Å². The van der Waals surface area contributed by atoms with Gasteiger partial charge in [0.2, 0.25) is 15.9 Å². The zero-order chi connectivity index (χ0) is 19.5. The van der Waals surface area contributed by atoms with Crippen molar-refractivity contribution in [1.82, 2.24) is 9.62 Å². The largest absolute Gasteiger partial charge is 0.360 e. The Hall–Kier alpha value is -2.20. The highest BCUT2D eigenvalue weighted by molar-refractivity contribution is 7.89. The molecular weight excluding hydrogens is 360 g/mol.